The average Bonchev–Trinajstić information content (AvgIpc) is 2.90. The summed E-state index contributed by atoms with van der Waals surface area (Å²) in [6.07, 6.45) is 18.1. The molecule has 2 aromatic carbocycles. The molecule has 0 bridgehead atoms. The zero-order chi connectivity index (χ0) is 23.0. The Morgan fingerprint density at radius 1 is 0.529 bits per heavy atom. The maximum Gasteiger partial charge on any atom is 0.0700 e. The monoisotopic (exact) mass is 452 g/mol. The number of fused-ring (bicyclic) bond motifs is 2. The van der Waals surface area contributed by atoms with Gasteiger partial charge in [-0.1, -0.05) is 86.3 Å². The van der Waals surface area contributed by atoms with Crippen LogP contribution in [0, 0.1) is 0 Å². The molecule has 34 heavy (non-hydrogen) atoms. The van der Waals surface area contributed by atoms with Crippen LogP contribution >= 0.6 is 0 Å². The van der Waals surface area contributed by atoms with E-state index in [2.05, 4.69) is 96.1 Å². The predicted octanol–water partition coefficient (Wildman–Crippen LogP) is 6.03. The number of nitrogens with one attached hydrogen (secondary N) is 2. The second-order valence-electron chi connectivity index (χ2n) is 9.74. The Morgan fingerprint density at radius 2 is 0.941 bits per heavy atom. The van der Waals surface area contributed by atoms with Gasteiger partial charge in [-0.2, -0.15) is 0 Å². The third-order valence-electron chi connectivity index (χ3n) is 7.39. The van der Waals surface area contributed by atoms with E-state index in [1.54, 1.807) is 0 Å². The minimum Gasteiger partial charge on any atom is -0.385 e. The summed E-state index contributed by atoms with van der Waals surface area (Å²) >= 11 is 0. The van der Waals surface area contributed by atoms with Gasteiger partial charge in [0, 0.05) is 48.1 Å². The molecule has 4 heteroatoms. The topological polar surface area (TPSA) is 48.8 Å². The van der Waals surface area contributed by atoms with Gasteiger partial charge >= 0.3 is 0 Å². The van der Waals surface area contributed by atoms with Crippen molar-refractivity contribution in [2.75, 3.05) is 0 Å². The highest BCUT2D eigenvalue weighted by Gasteiger charge is 2.25. The maximum atomic E-state index is 5.13. The Labute approximate surface area is 204 Å². The molecule has 2 N–H and O–H groups in total. The van der Waals surface area contributed by atoms with E-state index in [9.17, 15) is 0 Å². The van der Waals surface area contributed by atoms with Crippen LogP contribution in [0.3, 0.4) is 0 Å². The minimum absolute atomic E-state index is 0.274. The molecule has 3 aliphatic rings. The molecule has 0 unspecified atom stereocenters. The molecule has 4 atom stereocenters. The Balaban J connectivity index is 1.51. The normalized spacial score (nSPS) is 30.7. The SMILES string of the molecule is C1=N[C@@H]2CCCC[C@H]2N/C=C(/c2ccccc2)C=N[C@@H]2CCCC[C@H]2N/C=C\1c1ccccc1. The van der Waals surface area contributed by atoms with E-state index in [0.717, 1.165) is 36.8 Å². The van der Waals surface area contributed by atoms with Crippen LogP contribution in [-0.2, 0) is 0 Å². The first-order valence-electron chi connectivity index (χ1n) is 13.0. The largest absolute Gasteiger partial charge is 0.385 e. The molecule has 4 nitrogen and oxygen atoms in total. The van der Waals surface area contributed by atoms with Crippen molar-refractivity contribution in [3.63, 3.8) is 0 Å². The van der Waals surface area contributed by atoms with Gasteiger partial charge in [0.05, 0.1) is 12.1 Å². The first-order valence-corrected chi connectivity index (χ1v) is 13.0. The third-order valence-corrected chi connectivity index (χ3v) is 7.39. The summed E-state index contributed by atoms with van der Waals surface area (Å²) in [5.74, 6) is 0. The predicted molar refractivity (Wildman–Crippen MR) is 144 cm³/mol. The van der Waals surface area contributed by atoms with Gasteiger partial charge in [-0.05, 0) is 36.8 Å². The van der Waals surface area contributed by atoms with Crippen LogP contribution in [0.5, 0.6) is 0 Å². The fourth-order valence-electron chi connectivity index (χ4n) is 5.37. The van der Waals surface area contributed by atoms with Gasteiger partial charge in [0.2, 0.25) is 0 Å². The van der Waals surface area contributed by atoms with Crippen LogP contribution in [0.4, 0.5) is 0 Å². The van der Waals surface area contributed by atoms with E-state index in [0.29, 0.717) is 12.1 Å². The van der Waals surface area contributed by atoms with Gasteiger partial charge in [-0.15, -0.1) is 0 Å². The lowest BCUT2D eigenvalue weighted by atomic mass is 9.90. The maximum absolute atomic E-state index is 5.13. The number of aliphatic imine (C=N–C) groups is 2. The van der Waals surface area contributed by atoms with Crippen molar-refractivity contribution >= 4 is 23.6 Å². The summed E-state index contributed by atoms with van der Waals surface area (Å²) in [4.78, 5) is 10.3. The molecule has 5 rings (SSSR count). The van der Waals surface area contributed by atoms with E-state index >= 15 is 0 Å². The lowest BCUT2D eigenvalue weighted by Gasteiger charge is -2.31. The van der Waals surface area contributed by atoms with Crippen LogP contribution in [0.25, 0.3) is 11.1 Å². The fourth-order valence-corrected chi connectivity index (χ4v) is 5.37. The number of allylic oxidation sites excluding steroid dienone is 2. The van der Waals surface area contributed by atoms with Crippen molar-refractivity contribution in [3.8, 4) is 0 Å². The number of hydrogen-bond donors (Lipinski definition) is 2. The lowest BCUT2D eigenvalue weighted by molar-refractivity contribution is 0.354. The zero-order valence-electron chi connectivity index (χ0n) is 19.9. The van der Waals surface area contributed by atoms with E-state index in [1.165, 1.54) is 36.8 Å². The van der Waals surface area contributed by atoms with Crippen LogP contribution in [0.1, 0.15) is 62.5 Å². The molecule has 0 spiro atoms. The van der Waals surface area contributed by atoms with E-state index in [4.69, 9.17) is 9.98 Å². The Morgan fingerprint density at radius 3 is 1.38 bits per heavy atom. The highest BCUT2D eigenvalue weighted by molar-refractivity contribution is 6.10. The highest BCUT2D eigenvalue weighted by atomic mass is 15.0. The van der Waals surface area contributed by atoms with Gasteiger partial charge in [0.1, 0.15) is 0 Å². The third kappa shape index (κ3) is 5.67. The molecule has 1 heterocycles. The van der Waals surface area contributed by atoms with Crippen LogP contribution < -0.4 is 10.6 Å². The van der Waals surface area contributed by atoms with Crippen molar-refractivity contribution < 1.29 is 0 Å². The molecule has 0 aromatic heterocycles. The van der Waals surface area contributed by atoms with Gasteiger partial charge in [0.25, 0.3) is 0 Å². The second kappa shape index (κ2) is 11.3. The van der Waals surface area contributed by atoms with Gasteiger partial charge in [-0.25, -0.2) is 0 Å². The summed E-state index contributed by atoms with van der Waals surface area (Å²) in [5.41, 5.74) is 4.70. The van der Waals surface area contributed by atoms with Crippen molar-refractivity contribution in [2.24, 2.45) is 9.98 Å². The molecule has 0 saturated heterocycles. The molecule has 2 aromatic rings. The van der Waals surface area contributed by atoms with Gasteiger partial charge < -0.3 is 10.6 Å². The molecule has 2 aliphatic carbocycles. The first kappa shape index (κ1) is 22.6. The van der Waals surface area contributed by atoms with E-state index in [-0.39, 0.29) is 12.1 Å². The van der Waals surface area contributed by atoms with Crippen molar-refractivity contribution in [2.45, 2.75) is 75.5 Å². The quantitative estimate of drug-likeness (QED) is 0.585. The summed E-state index contributed by atoms with van der Waals surface area (Å²) in [6.45, 7) is 0. The summed E-state index contributed by atoms with van der Waals surface area (Å²) in [5, 5.41) is 7.50. The smallest absolute Gasteiger partial charge is 0.0700 e. The number of rotatable bonds is 2. The number of nitrogens with zero attached hydrogens (tertiary/aromatic N) is 2. The average molecular weight is 453 g/mol. The Hall–Kier alpha value is -3.14. The Bertz CT molecular complexity index is 952. The Kier molecular flexibility index (Phi) is 7.54. The standard InChI is InChI=1S/C30H36N4/c1-3-11-23(12-4-1)25-19-31-27-15-7-9-17-29(27)33-21-26(24-13-5-2-6-14-24)22-34-30-18-10-8-16-28(30)32-20-25/h1-6,11-14,19-22,27-31,34H,7-10,15-18H2/b25-19+,26-22+,32-20?,33-21?/t27-,28-,29-,30-/m1/s1. The van der Waals surface area contributed by atoms with Crippen molar-refractivity contribution in [1.29, 1.82) is 0 Å². The molecular weight excluding hydrogens is 416 g/mol. The number of benzene rings is 2. The molecule has 2 saturated carbocycles. The summed E-state index contributed by atoms with van der Waals surface area (Å²) < 4.78 is 0. The van der Waals surface area contributed by atoms with Crippen molar-refractivity contribution in [1.82, 2.24) is 10.6 Å². The summed E-state index contributed by atoms with van der Waals surface area (Å²) in [6, 6.07) is 22.5. The van der Waals surface area contributed by atoms with E-state index < -0.39 is 0 Å². The van der Waals surface area contributed by atoms with Crippen LogP contribution in [-0.4, -0.2) is 36.6 Å². The molecule has 1 aliphatic heterocycles. The van der Waals surface area contributed by atoms with Crippen molar-refractivity contribution in [3.05, 3.63) is 84.2 Å². The lowest BCUT2D eigenvalue weighted by Crippen LogP contribution is -2.39. The molecule has 2 fully saturated rings. The van der Waals surface area contributed by atoms with Crippen LogP contribution in [0.15, 0.2) is 83.0 Å². The number of hydrogen-bond acceptors (Lipinski definition) is 4. The minimum atomic E-state index is 0.274. The highest BCUT2D eigenvalue weighted by Crippen LogP contribution is 2.25. The molecule has 0 radical (unpaired) electrons. The van der Waals surface area contributed by atoms with E-state index in [1.807, 2.05) is 0 Å². The van der Waals surface area contributed by atoms with Crippen LogP contribution in [0.2, 0.25) is 0 Å². The van der Waals surface area contributed by atoms with Gasteiger partial charge in [0.15, 0.2) is 0 Å². The van der Waals surface area contributed by atoms with Gasteiger partial charge in [-0.3, -0.25) is 9.98 Å². The molecule has 0 amide bonds. The summed E-state index contributed by atoms with van der Waals surface area (Å²) in [7, 11) is 0. The second-order valence-corrected chi connectivity index (χ2v) is 9.74. The molecule has 176 valence electrons. The first-order chi connectivity index (χ1) is 16.9. The molecular formula is C30H36N4. The zero-order valence-corrected chi connectivity index (χ0v) is 19.9. The fraction of sp³-hybridized carbons (Fsp3) is 0.400.